The average Bonchev–Trinajstić information content (AvgIpc) is 2.71. The highest BCUT2D eigenvalue weighted by Gasteiger charge is 2.16. The third-order valence-electron chi connectivity index (χ3n) is 3.97. The number of unbranched alkanes of at least 4 members (excludes halogenated alkanes) is 4. The fourth-order valence-corrected chi connectivity index (χ4v) is 3.54. The molecule has 0 fully saturated rings. The fraction of sp³-hybridized carbons (Fsp3) is 0.455. The zero-order valence-electron chi connectivity index (χ0n) is 17.8. The average molecular weight is 456 g/mol. The topological polar surface area (TPSA) is 88.4 Å². The largest absolute Gasteiger partial charge is 0.463 e. The van der Waals surface area contributed by atoms with Crippen LogP contribution in [0.5, 0.6) is 11.5 Å². The quantitative estimate of drug-likeness (QED) is 0.233. The summed E-state index contributed by atoms with van der Waals surface area (Å²) in [5.74, 6) is 2.35. The van der Waals surface area contributed by atoms with Gasteiger partial charge in [-0.15, -0.1) is 0 Å². The van der Waals surface area contributed by atoms with Gasteiger partial charge in [0.2, 0.25) is 0 Å². The van der Waals surface area contributed by atoms with E-state index >= 15 is 0 Å². The van der Waals surface area contributed by atoms with Crippen molar-refractivity contribution in [3.63, 3.8) is 0 Å². The lowest BCUT2D eigenvalue weighted by molar-refractivity contribution is 0.258. The summed E-state index contributed by atoms with van der Waals surface area (Å²) in [5, 5.41) is 0. The molecule has 0 aliphatic rings. The number of hydrogen-bond acceptors (Lipinski definition) is 6. The predicted octanol–water partition coefficient (Wildman–Crippen LogP) is 6.57. The summed E-state index contributed by atoms with van der Waals surface area (Å²) in [4.78, 5) is 21.7. The van der Waals surface area contributed by atoms with Crippen LogP contribution in [0.3, 0.4) is 0 Å². The summed E-state index contributed by atoms with van der Waals surface area (Å²) in [7, 11) is -4.07. The number of rotatable bonds is 13. The Bertz CT molecular complexity index is 584. The molecular formula is C22H34O6P2. The molecule has 0 heterocycles. The molecule has 168 valence electrons. The van der Waals surface area contributed by atoms with Crippen molar-refractivity contribution in [2.75, 3.05) is 6.61 Å². The van der Waals surface area contributed by atoms with Crippen molar-refractivity contribution in [1.82, 2.24) is 0 Å². The van der Waals surface area contributed by atoms with E-state index in [-0.39, 0.29) is 0 Å². The van der Waals surface area contributed by atoms with Gasteiger partial charge in [-0.25, -0.2) is 0 Å². The van der Waals surface area contributed by atoms with Crippen molar-refractivity contribution < 1.29 is 28.3 Å². The highest BCUT2D eigenvalue weighted by Crippen LogP contribution is 2.41. The second-order valence-corrected chi connectivity index (χ2v) is 8.69. The first-order valence-corrected chi connectivity index (χ1v) is 12.5. The third kappa shape index (κ3) is 15.6. The first-order valence-electron chi connectivity index (χ1n) is 10.2. The van der Waals surface area contributed by atoms with E-state index in [0.29, 0.717) is 6.61 Å². The van der Waals surface area contributed by atoms with Gasteiger partial charge in [-0.05, 0) is 36.6 Å². The van der Waals surface area contributed by atoms with Gasteiger partial charge >= 0.3 is 17.2 Å². The number of hydrogen-bond donors (Lipinski definition) is 3. The zero-order valence-corrected chi connectivity index (χ0v) is 19.6. The van der Waals surface area contributed by atoms with Gasteiger partial charge in [-0.3, -0.25) is 4.52 Å². The van der Waals surface area contributed by atoms with E-state index in [2.05, 4.69) is 13.8 Å². The van der Waals surface area contributed by atoms with Gasteiger partial charge < -0.3 is 23.7 Å². The zero-order chi connectivity index (χ0) is 22.0. The molecule has 8 heteroatoms. The van der Waals surface area contributed by atoms with E-state index in [0.717, 1.165) is 23.8 Å². The molecule has 0 saturated heterocycles. The molecule has 2 aromatic carbocycles. The molecule has 30 heavy (non-hydrogen) atoms. The van der Waals surface area contributed by atoms with Crippen LogP contribution in [0.1, 0.15) is 52.4 Å². The van der Waals surface area contributed by atoms with Crippen LogP contribution in [0.15, 0.2) is 60.7 Å². The molecular weight excluding hydrogens is 422 g/mol. The van der Waals surface area contributed by atoms with E-state index in [4.69, 9.17) is 28.3 Å². The summed E-state index contributed by atoms with van der Waals surface area (Å²) in [6.07, 6.45) is 7.48. The number of benzene rings is 2. The first-order chi connectivity index (χ1) is 14.5. The summed E-state index contributed by atoms with van der Waals surface area (Å²) in [6.45, 7) is 5.24. The Morgan fingerprint density at radius 2 is 1.13 bits per heavy atom. The van der Waals surface area contributed by atoms with E-state index in [1.807, 2.05) is 60.7 Å². The molecule has 0 amide bonds. The lowest BCUT2D eigenvalue weighted by Gasteiger charge is -2.17. The molecule has 2 rings (SSSR count). The second kappa shape index (κ2) is 17.4. The van der Waals surface area contributed by atoms with Crippen LogP contribution in [-0.4, -0.2) is 21.3 Å². The monoisotopic (exact) mass is 456 g/mol. The van der Waals surface area contributed by atoms with E-state index in [9.17, 15) is 0 Å². The van der Waals surface area contributed by atoms with E-state index in [1.165, 1.54) is 32.1 Å². The van der Waals surface area contributed by atoms with Crippen molar-refractivity contribution >= 4 is 17.2 Å². The Morgan fingerprint density at radius 3 is 1.60 bits per heavy atom. The van der Waals surface area contributed by atoms with Gasteiger partial charge in [0.1, 0.15) is 11.5 Å². The van der Waals surface area contributed by atoms with Crippen LogP contribution in [0.4, 0.5) is 0 Å². The molecule has 0 bridgehead atoms. The summed E-state index contributed by atoms with van der Waals surface area (Å²) in [5.41, 5.74) is 0. The summed E-state index contributed by atoms with van der Waals surface area (Å²) < 4.78 is 17.7. The summed E-state index contributed by atoms with van der Waals surface area (Å²) >= 11 is 0. The van der Waals surface area contributed by atoms with Crippen molar-refractivity contribution in [2.24, 2.45) is 5.92 Å². The normalized spacial score (nSPS) is 10.8. The first kappa shape index (κ1) is 26.8. The van der Waals surface area contributed by atoms with Crippen LogP contribution in [-0.2, 0) is 4.52 Å². The van der Waals surface area contributed by atoms with Gasteiger partial charge in [-0.1, -0.05) is 82.3 Å². The molecule has 0 aliphatic carbocycles. The lowest BCUT2D eigenvalue weighted by atomic mass is 10.0. The molecule has 0 unspecified atom stereocenters. The van der Waals surface area contributed by atoms with Crippen LogP contribution >= 0.6 is 17.2 Å². The summed E-state index contributed by atoms with van der Waals surface area (Å²) in [6, 6.07) is 19.4. The minimum absolute atomic E-state index is 0.662. The standard InChI is InChI=1S/C22H31O3P.H3O3P/c1-20(2)14-8-4-3-5-13-19-23-26(24-21-15-9-6-10-16-21)25-22-17-11-7-12-18-22;1-4(2)3/h6-7,9-12,15-18,20H,3-5,8,13-14,19H2,1-2H3;1-3H. The van der Waals surface area contributed by atoms with Crippen molar-refractivity contribution in [3.8, 4) is 11.5 Å². The second-order valence-electron chi connectivity index (χ2n) is 7.08. The third-order valence-corrected chi connectivity index (χ3v) is 5.08. The van der Waals surface area contributed by atoms with E-state index < -0.39 is 17.2 Å². The molecule has 6 nitrogen and oxygen atoms in total. The van der Waals surface area contributed by atoms with Crippen molar-refractivity contribution in [3.05, 3.63) is 60.7 Å². The SMILES string of the molecule is CC(C)CCCCCCCOP(Oc1ccccc1)Oc1ccccc1.OP(O)O. The molecule has 0 aromatic heterocycles. The van der Waals surface area contributed by atoms with Gasteiger partial charge in [0.15, 0.2) is 0 Å². The lowest BCUT2D eigenvalue weighted by Crippen LogP contribution is -2.01. The molecule has 0 aliphatic heterocycles. The molecule has 0 spiro atoms. The van der Waals surface area contributed by atoms with Gasteiger partial charge in [0.05, 0.1) is 6.61 Å². The molecule has 3 N–H and O–H groups in total. The van der Waals surface area contributed by atoms with E-state index in [1.54, 1.807) is 0 Å². The maximum atomic E-state index is 7.23. The number of para-hydroxylation sites is 2. The Balaban J connectivity index is 0.00000103. The molecule has 2 aromatic rings. The van der Waals surface area contributed by atoms with Crippen molar-refractivity contribution in [2.45, 2.75) is 52.4 Å². The van der Waals surface area contributed by atoms with Crippen LogP contribution in [0.2, 0.25) is 0 Å². The van der Waals surface area contributed by atoms with Gasteiger partial charge in [0.25, 0.3) is 0 Å². The Labute approximate surface area is 182 Å². The van der Waals surface area contributed by atoms with Crippen LogP contribution < -0.4 is 9.05 Å². The minimum Gasteiger partial charge on any atom is -0.418 e. The smallest absolute Gasteiger partial charge is 0.418 e. The van der Waals surface area contributed by atoms with Gasteiger partial charge in [-0.2, -0.15) is 0 Å². The van der Waals surface area contributed by atoms with Crippen LogP contribution in [0.25, 0.3) is 0 Å². The predicted molar refractivity (Wildman–Crippen MR) is 123 cm³/mol. The molecule has 0 atom stereocenters. The Morgan fingerprint density at radius 1 is 0.700 bits per heavy atom. The van der Waals surface area contributed by atoms with Crippen molar-refractivity contribution in [1.29, 1.82) is 0 Å². The van der Waals surface area contributed by atoms with Gasteiger partial charge in [0, 0.05) is 0 Å². The van der Waals surface area contributed by atoms with Crippen LogP contribution in [0, 0.1) is 5.92 Å². The minimum atomic E-state index is -2.62. The highest BCUT2D eigenvalue weighted by molar-refractivity contribution is 7.42. The maximum absolute atomic E-state index is 7.23. The fourth-order valence-electron chi connectivity index (χ4n) is 2.53. The Kier molecular flexibility index (Phi) is 15.6. The highest BCUT2D eigenvalue weighted by atomic mass is 31.2. The molecule has 0 saturated carbocycles. The Hall–Kier alpha value is -1.26. The maximum Gasteiger partial charge on any atom is 0.463 e. The molecule has 0 radical (unpaired) electrons.